The van der Waals surface area contributed by atoms with Crippen LogP contribution in [0.1, 0.15) is 91.9 Å². The van der Waals surface area contributed by atoms with E-state index >= 15 is 0 Å². The van der Waals surface area contributed by atoms with Gasteiger partial charge in [-0.3, -0.25) is 0 Å². The van der Waals surface area contributed by atoms with Crippen LogP contribution in [0.4, 0.5) is 0 Å². The lowest BCUT2D eigenvalue weighted by Crippen LogP contribution is -2.41. The lowest BCUT2D eigenvalue weighted by Gasteiger charge is -2.31. The van der Waals surface area contributed by atoms with Gasteiger partial charge in [-0.2, -0.15) is 0 Å². The minimum atomic E-state index is -1.06. The molecule has 204 valence electrons. The molecule has 0 rings (SSSR count). The summed E-state index contributed by atoms with van der Waals surface area (Å²) in [6.45, 7) is 19.0. The molecule has 3 N–H and O–H groups in total. The van der Waals surface area contributed by atoms with Crippen LogP contribution in [-0.2, 0) is 19.0 Å². The van der Waals surface area contributed by atoms with Gasteiger partial charge in [0.25, 0.3) is 0 Å². The van der Waals surface area contributed by atoms with Crippen LogP contribution in [-0.4, -0.2) is 57.9 Å². The van der Waals surface area contributed by atoms with Crippen LogP contribution < -0.4 is 0 Å². The lowest BCUT2D eigenvalue weighted by molar-refractivity contribution is -0.151. The molecule has 0 spiro atoms. The Kier molecular flexibility index (Phi) is 17.5. The van der Waals surface area contributed by atoms with Crippen molar-refractivity contribution in [1.82, 2.24) is 0 Å². The van der Waals surface area contributed by atoms with E-state index in [1.807, 2.05) is 0 Å². The van der Waals surface area contributed by atoms with Crippen LogP contribution in [0.5, 0.6) is 0 Å². The van der Waals surface area contributed by atoms with Gasteiger partial charge in [-0.05, 0) is 24.7 Å². The smallest absolute Gasteiger partial charge is 0.330 e. The molecule has 7 nitrogen and oxygen atoms in total. The van der Waals surface area contributed by atoms with Crippen molar-refractivity contribution in [2.75, 3.05) is 0 Å². The molecule has 35 heavy (non-hydrogen) atoms. The van der Waals surface area contributed by atoms with Gasteiger partial charge in [-0.15, -0.1) is 0 Å². The third kappa shape index (κ3) is 15.7. The summed E-state index contributed by atoms with van der Waals surface area (Å²) >= 11 is 0. The molecule has 0 aliphatic heterocycles. The number of carbonyl (C=O) groups is 1. The first-order valence-corrected chi connectivity index (χ1v) is 12.9. The fourth-order valence-corrected chi connectivity index (χ4v) is 3.99. The number of aliphatic hydroxyl groups is 3. The van der Waals surface area contributed by atoms with Crippen molar-refractivity contribution in [1.29, 1.82) is 0 Å². The van der Waals surface area contributed by atoms with Gasteiger partial charge in [0.05, 0.1) is 30.8 Å². The highest BCUT2D eigenvalue weighted by Crippen LogP contribution is 2.24. The van der Waals surface area contributed by atoms with Crippen molar-refractivity contribution in [3.8, 4) is 0 Å². The van der Waals surface area contributed by atoms with Crippen LogP contribution in [0.3, 0.4) is 0 Å². The molecule has 0 aliphatic carbocycles. The molecule has 0 saturated carbocycles. The van der Waals surface area contributed by atoms with Crippen LogP contribution in [0.2, 0.25) is 0 Å². The summed E-state index contributed by atoms with van der Waals surface area (Å²) < 4.78 is 16.1. The van der Waals surface area contributed by atoms with E-state index in [1.54, 1.807) is 6.92 Å². The van der Waals surface area contributed by atoms with E-state index in [0.29, 0.717) is 18.3 Å². The predicted octanol–water partition coefficient (Wildman–Crippen LogP) is 5.19. The standard InChI is InChI=1S/C28H50O7/c1-8-24(35-27(32)9-2)22(30)19-26(34-11-4)23(31)20-25(33-10-3)21(29)17-15-13-12-14-16-18-28(5,6)7/h9-11,21-26,29-31H,2-4,8,12-20H2,1,5-7H3. The van der Waals surface area contributed by atoms with Crippen molar-refractivity contribution in [2.45, 2.75) is 129 Å². The summed E-state index contributed by atoms with van der Waals surface area (Å²) in [5.74, 6) is -0.630. The van der Waals surface area contributed by atoms with E-state index in [2.05, 4.69) is 40.5 Å². The average molecular weight is 499 g/mol. The summed E-state index contributed by atoms with van der Waals surface area (Å²) in [6, 6.07) is 0. The molecule has 0 bridgehead atoms. The fraction of sp³-hybridized carbons (Fsp3) is 0.750. The second-order valence-corrected chi connectivity index (χ2v) is 10.3. The first-order chi connectivity index (χ1) is 16.5. The first kappa shape index (κ1) is 33.2. The summed E-state index contributed by atoms with van der Waals surface area (Å²) in [6.07, 6.45) is 5.95. The van der Waals surface area contributed by atoms with Gasteiger partial charge in [0, 0.05) is 18.9 Å². The summed E-state index contributed by atoms with van der Waals surface area (Å²) in [4.78, 5) is 11.5. The number of carbonyl (C=O) groups excluding carboxylic acids is 1. The van der Waals surface area contributed by atoms with Gasteiger partial charge in [0.1, 0.15) is 18.3 Å². The Morgan fingerprint density at radius 1 is 0.800 bits per heavy atom. The topological polar surface area (TPSA) is 105 Å². The van der Waals surface area contributed by atoms with Gasteiger partial charge in [0.2, 0.25) is 0 Å². The van der Waals surface area contributed by atoms with Gasteiger partial charge in [0.15, 0.2) is 0 Å². The molecule has 0 amide bonds. The number of hydrogen-bond donors (Lipinski definition) is 3. The fourth-order valence-electron chi connectivity index (χ4n) is 3.99. The van der Waals surface area contributed by atoms with Gasteiger partial charge in [-0.1, -0.05) is 79.5 Å². The van der Waals surface area contributed by atoms with Crippen LogP contribution in [0.25, 0.3) is 0 Å². The number of esters is 1. The van der Waals surface area contributed by atoms with E-state index in [1.165, 1.54) is 31.8 Å². The molecule has 0 aromatic heterocycles. The van der Waals surface area contributed by atoms with Gasteiger partial charge >= 0.3 is 5.97 Å². The maximum absolute atomic E-state index is 11.5. The number of hydrogen-bond acceptors (Lipinski definition) is 7. The highest BCUT2D eigenvalue weighted by Gasteiger charge is 2.32. The number of aliphatic hydroxyl groups excluding tert-OH is 3. The van der Waals surface area contributed by atoms with E-state index in [-0.39, 0.29) is 12.8 Å². The van der Waals surface area contributed by atoms with Crippen molar-refractivity contribution < 1.29 is 34.3 Å². The maximum Gasteiger partial charge on any atom is 0.330 e. The summed E-state index contributed by atoms with van der Waals surface area (Å²) in [5, 5.41) is 32.1. The molecule has 0 aromatic rings. The third-order valence-corrected chi connectivity index (χ3v) is 6.04. The van der Waals surface area contributed by atoms with Crippen molar-refractivity contribution >= 4 is 5.97 Å². The number of rotatable bonds is 21. The zero-order valence-corrected chi connectivity index (χ0v) is 22.4. The largest absolute Gasteiger partial charge is 0.496 e. The summed E-state index contributed by atoms with van der Waals surface area (Å²) in [5.41, 5.74) is 0.364. The average Bonchev–Trinajstić information content (AvgIpc) is 2.79. The van der Waals surface area contributed by atoms with E-state index in [0.717, 1.165) is 25.3 Å². The van der Waals surface area contributed by atoms with E-state index < -0.39 is 42.6 Å². The van der Waals surface area contributed by atoms with Gasteiger partial charge < -0.3 is 29.5 Å². The monoisotopic (exact) mass is 498 g/mol. The van der Waals surface area contributed by atoms with Crippen LogP contribution in [0.15, 0.2) is 38.3 Å². The summed E-state index contributed by atoms with van der Waals surface area (Å²) in [7, 11) is 0. The molecule has 0 aromatic carbocycles. The molecule has 0 heterocycles. The highest BCUT2D eigenvalue weighted by atomic mass is 16.6. The number of ether oxygens (including phenoxy) is 3. The molecule has 0 radical (unpaired) electrons. The Labute approximate surface area is 212 Å². The number of unbranched alkanes of at least 4 members (excludes halogenated alkanes) is 4. The zero-order valence-electron chi connectivity index (χ0n) is 22.4. The third-order valence-electron chi connectivity index (χ3n) is 6.04. The lowest BCUT2D eigenvalue weighted by atomic mass is 9.89. The normalized spacial score (nSPS) is 16.8. The van der Waals surface area contributed by atoms with Gasteiger partial charge in [-0.25, -0.2) is 4.79 Å². The SMILES string of the molecule is C=COC(CC(O)C(CC(O)C(CC)OC(=O)C=C)OC=C)C(O)CCCCCCCC(C)(C)C. The van der Waals surface area contributed by atoms with Crippen LogP contribution in [0, 0.1) is 5.41 Å². The predicted molar refractivity (Wildman–Crippen MR) is 140 cm³/mol. The van der Waals surface area contributed by atoms with E-state index in [4.69, 9.17) is 14.2 Å². The molecule has 6 unspecified atom stereocenters. The second-order valence-electron chi connectivity index (χ2n) is 10.3. The second kappa shape index (κ2) is 18.4. The van der Waals surface area contributed by atoms with Crippen molar-refractivity contribution in [3.05, 3.63) is 38.3 Å². The molecule has 6 atom stereocenters. The molecule has 0 saturated heterocycles. The molecule has 7 heteroatoms. The Balaban J connectivity index is 4.79. The highest BCUT2D eigenvalue weighted by molar-refractivity contribution is 5.81. The molecule has 0 aliphatic rings. The molecule has 0 fully saturated rings. The van der Waals surface area contributed by atoms with E-state index in [9.17, 15) is 20.1 Å². The quantitative estimate of drug-likeness (QED) is 0.0865. The first-order valence-electron chi connectivity index (χ1n) is 12.9. The Morgan fingerprint density at radius 2 is 1.29 bits per heavy atom. The Morgan fingerprint density at radius 3 is 1.77 bits per heavy atom. The van der Waals surface area contributed by atoms with Crippen molar-refractivity contribution in [2.24, 2.45) is 5.41 Å². The maximum atomic E-state index is 11.5. The Bertz CT molecular complexity index is 599. The Hall–Kier alpha value is -1.83. The molecular formula is C28H50O7. The van der Waals surface area contributed by atoms with Crippen molar-refractivity contribution in [3.63, 3.8) is 0 Å². The minimum Gasteiger partial charge on any atom is -0.496 e. The van der Waals surface area contributed by atoms with Crippen LogP contribution >= 0.6 is 0 Å². The molecular weight excluding hydrogens is 448 g/mol. The zero-order chi connectivity index (χ0) is 26.9. The minimum absolute atomic E-state index is 0.00157.